The van der Waals surface area contributed by atoms with Crippen LogP contribution in [0.15, 0.2) is 42.5 Å². The van der Waals surface area contributed by atoms with Crippen LogP contribution in [0.5, 0.6) is 11.5 Å². The lowest BCUT2D eigenvalue weighted by Crippen LogP contribution is -2.20. The van der Waals surface area contributed by atoms with Crippen molar-refractivity contribution in [3.63, 3.8) is 0 Å². The lowest BCUT2D eigenvalue weighted by molar-refractivity contribution is -0.118. The van der Waals surface area contributed by atoms with E-state index in [-0.39, 0.29) is 23.6 Å². The summed E-state index contributed by atoms with van der Waals surface area (Å²) in [6.45, 7) is 1.05. The van der Waals surface area contributed by atoms with Crippen LogP contribution in [0.2, 0.25) is 5.02 Å². The van der Waals surface area contributed by atoms with Gasteiger partial charge in [0.15, 0.2) is 6.61 Å². The maximum atomic E-state index is 13.1. The van der Waals surface area contributed by atoms with E-state index in [0.29, 0.717) is 23.8 Å². The van der Waals surface area contributed by atoms with Crippen LogP contribution < -0.4 is 14.8 Å². The minimum atomic E-state index is -0.539. The molecule has 26 heavy (non-hydrogen) atoms. The Kier molecular flexibility index (Phi) is 6.30. The van der Waals surface area contributed by atoms with E-state index in [0.717, 1.165) is 19.4 Å². The molecule has 3 rings (SSSR count). The monoisotopic (exact) mass is 379 g/mol. The molecule has 1 amide bonds. The van der Waals surface area contributed by atoms with E-state index in [9.17, 15) is 9.18 Å². The highest BCUT2D eigenvalue weighted by atomic mass is 35.5. The number of hydrogen-bond donors (Lipinski definition) is 1. The Balaban J connectivity index is 1.48. The number of rotatable bonds is 7. The number of nitrogens with one attached hydrogen (secondary N) is 1. The molecule has 0 aromatic heterocycles. The fourth-order valence-corrected chi connectivity index (χ4v) is 2.71. The molecular formula is C19H19ClFNO4. The van der Waals surface area contributed by atoms with Crippen molar-refractivity contribution in [1.29, 1.82) is 0 Å². The number of halogens is 2. The molecule has 0 saturated carbocycles. The molecule has 2 aromatic carbocycles. The lowest BCUT2D eigenvalue weighted by atomic mass is 10.2. The first kappa shape index (κ1) is 18.5. The molecule has 138 valence electrons. The Morgan fingerprint density at radius 3 is 2.85 bits per heavy atom. The summed E-state index contributed by atoms with van der Waals surface area (Å²) in [5.41, 5.74) is 0.598. The van der Waals surface area contributed by atoms with E-state index in [1.165, 1.54) is 18.2 Å². The minimum absolute atomic E-state index is 0.0565. The molecule has 1 N–H and O–H groups in total. The first-order chi connectivity index (χ1) is 12.6. The number of amides is 1. The molecule has 1 saturated heterocycles. The summed E-state index contributed by atoms with van der Waals surface area (Å²) in [6, 6.07) is 11.0. The molecule has 1 aliphatic heterocycles. The van der Waals surface area contributed by atoms with Gasteiger partial charge in [0.25, 0.3) is 5.91 Å². The van der Waals surface area contributed by atoms with Gasteiger partial charge < -0.3 is 19.5 Å². The molecule has 1 fully saturated rings. The third-order valence-electron chi connectivity index (χ3n) is 3.84. The van der Waals surface area contributed by atoms with Gasteiger partial charge in [-0.25, -0.2) is 4.39 Å². The van der Waals surface area contributed by atoms with Crippen LogP contribution in [0.3, 0.4) is 0 Å². The fraction of sp³-hybridized carbons (Fsp3) is 0.316. The Morgan fingerprint density at radius 1 is 1.23 bits per heavy atom. The van der Waals surface area contributed by atoms with Crippen LogP contribution in [-0.4, -0.2) is 31.8 Å². The molecule has 1 atom stereocenters. The van der Waals surface area contributed by atoms with Gasteiger partial charge in [-0.2, -0.15) is 0 Å². The van der Waals surface area contributed by atoms with Gasteiger partial charge in [0.1, 0.15) is 23.9 Å². The number of benzene rings is 2. The van der Waals surface area contributed by atoms with Gasteiger partial charge in [-0.3, -0.25) is 4.79 Å². The maximum absolute atomic E-state index is 13.1. The van der Waals surface area contributed by atoms with Crippen LogP contribution in [0.1, 0.15) is 12.8 Å². The first-order valence-electron chi connectivity index (χ1n) is 8.32. The summed E-state index contributed by atoms with van der Waals surface area (Å²) in [4.78, 5) is 12.0. The average molecular weight is 380 g/mol. The van der Waals surface area contributed by atoms with Crippen molar-refractivity contribution in [3.05, 3.63) is 53.3 Å². The molecule has 2 aromatic rings. The van der Waals surface area contributed by atoms with E-state index in [1.807, 2.05) is 6.07 Å². The number of ether oxygens (including phenoxy) is 3. The van der Waals surface area contributed by atoms with Crippen molar-refractivity contribution in [2.75, 3.05) is 25.1 Å². The van der Waals surface area contributed by atoms with Crippen molar-refractivity contribution < 1.29 is 23.4 Å². The van der Waals surface area contributed by atoms with E-state index in [1.54, 1.807) is 18.2 Å². The summed E-state index contributed by atoms with van der Waals surface area (Å²) in [5.74, 6) is 0.0924. The highest BCUT2D eigenvalue weighted by molar-refractivity contribution is 6.30. The van der Waals surface area contributed by atoms with E-state index < -0.39 is 5.82 Å². The normalized spacial score (nSPS) is 16.3. The summed E-state index contributed by atoms with van der Waals surface area (Å²) in [5, 5.41) is 2.67. The van der Waals surface area contributed by atoms with Crippen LogP contribution in [0.4, 0.5) is 10.1 Å². The van der Waals surface area contributed by atoms with Crippen molar-refractivity contribution in [3.8, 4) is 11.5 Å². The molecule has 0 bridgehead atoms. The number of anilines is 1. The molecule has 1 unspecified atom stereocenters. The standard InChI is InChI=1S/C19H19ClFNO4/c20-17-10-15(6-7-18(17)21)26-12-19(23)22-13-3-1-4-14(9-13)25-11-16-5-2-8-24-16/h1,3-4,6-7,9-10,16H,2,5,8,11-12H2,(H,22,23). The third kappa shape index (κ3) is 5.34. The maximum Gasteiger partial charge on any atom is 0.262 e. The van der Waals surface area contributed by atoms with Gasteiger partial charge in [-0.1, -0.05) is 17.7 Å². The molecular weight excluding hydrogens is 361 g/mol. The van der Waals surface area contributed by atoms with E-state index in [2.05, 4.69) is 5.32 Å². The number of hydrogen-bond acceptors (Lipinski definition) is 4. The zero-order valence-electron chi connectivity index (χ0n) is 14.0. The average Bonchev–Trinajstić information content (AvgIpc) is 3.15. The number of carbonyl (C=O) groups excluding carboxylic acids is 1. The van der Waals surface area contributed by atoms with E-state index >= 15 is 0 Å². The quantitative estimate of drug-likeness (QED) is 0.788. The molecule has 1 heterocycles. The largest absolute Gasteiger partial charge is 0.491 e. The summed E-state index contributed by atoms with van der Waals surface area (Å²) in [6.07, 6.45) is 2.19. The second kappa shape index (κ2) is 8.87. The highest BCUT2D eigenvalue weighted by Crippen LogP contribution is 2.22. The van der Waals surface area contributed by atoms with Gasteiger partial charge in [0.2, 0.25) is 0 Å². The summed E-state index contributed by atoms with van der Waals surface area (Å²) in [7, 11) is 0. The van der Waals surface area contributed by atoms with Crippen LogP contribution in [-0.2, 0) is 9.53 Å². The van der Waals surface area contributed by atoms with Crippen molar-refractivity contribution in [2.45, 2.75) is 18.9 Å². The van der Waals surface area contributed by atoms with Crippen molar-refractivity contribution in [2.24, 2.45) is 0 Å². The predicted octanol–water partition coefficient (Wildman–Crippen LogP) is 4.05. The predicted molar refractivity (Wildman–Crippen MR) is 96.4 cm³/mol. The van der Waals surface area contributed by atoms with Gasteiger partial charge in [-0.05, 0) is 37.1 Å². The minimum Gasteiger partial charge on any atom is -0.491 e. The zero-order valence-corrected chi connectivity index (χ0v) is 14.8. The van der Waals surface area contributed by atoms with E-state index in [4.69, 9.17) is 25.8 Å². The highest BCUT2D eigenvalue weighted by Gasteiger charge is 2.16. The first-order valence-corrected chi connectivity index (χ1v) is 8.70. The second-order valence-corrected chi connectivity index (χ2v) is 6.29. The topological polar surface area (TPSA) is 56.8 Å². The van der Waals surface area contributed by atoms with Crippen LogP contribution >= 0.6 is 11.6 Å². The third-order valence-corrected chi connectivity index (χ3v) is 4.13. The van der Waals surface area contributed by atoms with Crippen LogP contribution in [0.25, 0.3) is 0 Å². The Hall–Kier alpha value is -2.31. The number of carbonyl (C=O) groups is 1. The molecule has 7 heteroatoms. The lowest BCUT2D eigenvalue weighted by Gasteiger charge is -2.13. The van der Waals surface area contributed by atoms with Gasteiger partial charge in [0, 0.05) is 24.4 Å². The second-order valence-electron chi connectivity index (χ2n) is 5.89. The summed E-state index contributed by atoms with van der Waals surface area (Å²) >= 11 is 5.67. The smallest absolute Gasteiger partial charge is 0.262 e. The van der Waals surface area contributed by atoms with Gasteiger partial charge >= 0.3 is 0 Å². The SMILES string of the molecule is O=C(COc1ccc(F)c(Cl)c1)Nc1cccc(OCC2CCCO2)c1. The van der Waals surface area contributed by atoms with Gasteiger partial charge in [0.05, 0.1) is 11.1 Å². The molecule has 5 nitrogen and oxygen atoms in total. The summed E-state index contributed by atoms with van der Waals surface area (Å²) < 4.78 is 29.6. The zero-order chi connectivity index (χ0) is 18.4. The Bertz CT molecular complexity index is 765. The molecule has 0 spiro atoms. The van der Waals surface area contributed by atoms with Crippen LogP contribution in [0, 0.1) is 5.82 Å². The molecule has 1 aliphatic rings. The Labute approximate surface area is 156 Å². The molecule has 0 radical (unpaired) electrons. The van der Waals surface area contributed by atoms with Gasteiger partial charge in [-0.15, -0.1) is 0 Å². The fourth-order valence-electron chi connectivity index (χ4n) is 2.54. The van der Waals surface area contributed by atoms with Crippen molar-refractivity contribution in [1.82, 2.24) is 0 Å². The van der Waals surface area contributed by atoms with Crippen molar-refractivity contribution >= 4 is 23.2 Å². The Morgan fingerprint density at radius 2 is 2.08 bits per heavy atom. The molecule has 0 aliphatic carbocycles.